The zero-order valence-corrected chi connectivity index (χ0v) is 31.8. The molecule has 9 heteroatoms. The van der Waals surface area contributed by atoms with Gasteiger partial charge in [-0.2, -0.15) is 0 Å². The van der Waals surface area contributed by atoms with Gasteiger partial charge in [0.05, 0.1) is 16.0 Å². The molecule has 0 saturated carbocycles. The molecule has 0 atom stereocenters. The summed E-state index contributed by atoms with van der Waals surface area (Å²) in [6.45, 7) is 26.8. The Kier molecular flexibility index (Phi) is 12.4. The third-order valence-electron chi connectivity index (χ3n) is 8.75. The lowest BCUT2D eigenvalue weighted by molar-refractivity contribution is 0.00578. The molecule has 1 saturated heterocycles. The number of rotatable bonds is 11. The van der Waals surface area contributed by atoms with Gasteiger partial charge in [-0.3, -0.25) is 0 Å². The van der Waals surface area contributed by atoms with Gasteiger partial charge in [0.1, 0.15) is 11.5 Å². The minimum atomic E-state index is -0.452. The molecule has 1 aliphatic rings. The van der Waals surface area contributed by atoms with Crippen LogP contribution in [0.4, 0.5) is 0 Å². The van der Waals surface area contributed by atoms with Crippen molar-refractivity contribution in [2.75, 3.05) is 26.8 Å². The minimum Gasteiger partial charge on any atom is -0.466 e. The summed E-state index contributed by atoms with van der Waals surface area (Å²) >= 11 is 3.28. The van der Waals surface area contributed by atoms with Crippen LogP contribution in [0.1, 0.15) is 74.9 Å². The SMILES string of the molecule is CCOCOc1c(-c2c(C)cc(C)cc2C)csc1B1OC(C)(C)C(C)(C)O1.CCOCOc1cscc1-c1c(C)cc(C)cc1C. The highest BCUT2D eigenvalue weighted by Crippen LogP contribution is 2.42. The van der Waals surface area contributed by atoms with Gasteiger partial charge in [-0.25, -0.2) is 0 Å². The molecule has 2 aromatic heterocycles. The smallest absolute Gasteiger partial charge is 0.466 e. The average Bonchev–Trinajstić information content (AvgIpc) is 3.64. The molecule has 3 heterocycles. The number of benzene rings is 2. The van der Waals surface area contributed by atoms with E-state index in [1.165, 1.54) is 50.1 Å². The lowest BCUT2D eigenvalue weighted by Crippen LogP contribution is -2.41. The Bertz CT molecular complexity index is 1590. The zero-order valence-electron chi connectivity index (χ0n) is 30.2. The van der Waals surface area contributed by atoms with Crippen molar-refractivity contribution in [3.63, 3.8) is 0 Å². The van der Waals surface area contributed by atoms with Crippen LogP contribution >= 0.6 is 22.7 Å². The maximum absolute atomic E-state index is 6.29. The Morgan fingerprint density at radius 2 is 1.11 bits per heavy atom. The van der Waals surface area contributed by atoms with E-state index < -0.39 is 18.3 Å². The number of thiophene rings is 2. The monoisotopic (exact) mass is 678 g/mol. The fourth-order valence-electron chi connectivity index (χ4n) is 5.96. The van der Waals surface area contributed by atoms with Gasteiger partial charge in [0.2, 0.25) is 0 Å². The normalized spacial score (nSPS) is 15.0. The molecule has 1 aliphatic heterocycles. The van der Waals surface area contributed by atoms with Crippen molar-refractivity contribution >= 4 is 34.6 Å². The summed E-state index contributed by atoms with van der Waals surface area (Å²) in [5.41, 5.74) is 11.5. The molecule has 0 spiro atoms. The highest BCUT2D eigenvalue weighted by atomic mass is 32.1. The summed E-state index contributed by atoms with van der Waals surface area (Å²) in [6, 6.07) is 8.85. The lowest BCUT2D eigenvalue weighted by atomic mass is 9.85. The van der Waals surface area contributed by atoms with Crippen LogP contribution < -0.4 is 14.3 Å². The van der Waals surface area contributed by atoms with Crippen LogP contribution in [0, 0.1) is 41.5 Å². The predicted molar refractivity (Wildman–Crippen MR) is 198 cm³/mol. The molecule has 0 bridgehead atoms. The van der Waals surface area contributed by atoms with E-state index >= 15 is 0 Å². The van der Waals surface area contributed by atoms with Gasteiger partial charge in [-0.15, -0.1) is 22.7 Å². The molecule has 0 amide bonds. The third kappa shape index (κ3) is 8.50. The lowest BCUT2D eigenvalue weighted by Gasteiger charge is -2.32. The average molecular weight is 679 g/mol. The van der Waals surface area contributed by atoms with Crippen molar-refractivity contribution in [1.29, 1.82) is 0 Å². The number of ether oxygens (including phenoxy) is 4. The first kappa shape index (κ1) is 37.2. The zero-order chi connectivity index (χ0) is 34.5. The number of hydrogen-bond donors (Lipinski definition) is 0. The molecule has 4 aromatic rings. The molecular weight excluding hydrogens is 627 g/mol. The van der Waals surface area contributed by atoms with E-state index in [9.17, 15) is 0 Å². The standard InChI is InChI=1S/C22H31BO4S.C16H20O2S/c1-9-24-13-25-19-17(18-15(3)10-14(2)11-16(18)4)12-28-20(19)23-26-21(5,6)22(7,8)27-23;1-5-17-10-18-15-9-19-8-14(15)16-12(3)6-11(2)7-13(16)4/h10-12H,9,13H2,1-8H3;6-9H,5,10H2,1-4H3. The highest BCUT2D eigenvalue weighted by molar-refractivity contribution is 7.21. The van der Waals surface area contributed by atoms with Crippen molar-refractivity contribution < 1.29 is 28.3 Å². The van der Waals surface area contributed by atoms with Crippen molar-refractivity contribution in [2.24, 2.45) is 0 Å². The first-order valence-electron chi connectivity index (χ1n) is 16.3. The highest BCUT2D eigenvalue weighted by Gasteiger charge is 2.53. The maximum atomic E-state index is 6.29. The van der Waals surface area contributed by atoms with E-state index in [-0.39, 0.29) is 6.79 Å². The molecule has 0 N–H and O–H groups in total. The summed E-state index contributed by atoms with van der Waals surface area (Å²) < 4.78 is 36.1. The molecular formula is C38H51BO6S2. The molecule has 1 fully saturated rings. The topological polar surface area (TPSA) is 55.4 Å². The molecule has 254 valence electrons. The molecule has 6 nitrogen and oxygen atoms in total. The Labute approximate surface area is 290 Å². The van der Waals surface area contributed by atoms with Gasteiger partial charge in [-0.1, -0.05) is 35.4 Å². The summed E-state index contributed by atoms with van der Waals surface area (Å²) in [5.74, 6) is 1.71. The van der Waals surface area contributed by atoms with Crippen LogP contribution in [0.2, 0.25) is 0 Å². The summed E-state index contributed by atoms with van der Waals surface area (Å²) in [6.07, 6.45) is 0. The Morgan fingerprint density at radius 1 is 0.638 bits per heavy atom. The van der Waals surface area contributed by atoms with Crippen LogP contribution in [-0.4, -0.2) is 45.1 Å². The first-order chi connectivity index (χ1) is 22.2. The van der Waals surface area contributed by atoms with Gasteiger partial charge in [0, 0.05) is 40.5 Å². The number of hydrogen-bond acceptors (Lipinski definition) is 8. The van der Waals surface area contributed by atoms with Crippen LogP contribution in [-0.2, 0) is 18.8 Å². The van der Waals surface area contributed by atoms with E-state index in [0.29, 0.717) is 20.0 Å². The van der Waals surface area contributed by atoms with Crippen molar-refractivity contribution in [1.82, 2.24) is 0 Å². The quantitative estimate of drug-likeness (QED) is 0.0895. The fraction of sp³-hybridized carbons (Fsp3) is 0.474. The first-order valence-corrected chi connectivity index (χ1v) is 18.1. The van der Waals surface area contributed by atoms with Crippen molar-refractivity contribution in [2.45, 2.75) is 94.3 Å². The molecule has 0 unspecified atom stereocenters. The Hall–Kier alpha value is -2.66. The predicted octanol–water partition coefficient (Wildman–Crippen LogP) is 9.73. The van der Waals surface area contributed by atoms with Crippen LogP contribution in [0.3, 0.4) is 0 Å². The molecule has 0 aliphatic carbocycles. The summed E-state index contributed by atoms with van der Waals surface area (Å²) in [4.78, 5) is 0. The fourth-order valence-corrected chi connectivity index (χ4v) is 7.67. The minimum absolute atomic E-state index is 0.205. The summed E-state index contributed by atoms with van der Waals surface area (Å²) in [5, 5.41) is 6.32. The molecule has 0 radical (unpaired) electrons. The number of aryl methyl sites for hydroxylation is 6. The second-order valence-electron chi connectivity index (χ2n) is 13.1. The molecule has 47 heavy (non-hydrogen) atoms. The summed E-state index contributed by atoms with van der Waals surface area (Å²) in [7, 11) is -0.452. The van der Waals surface area contributed by atoms with E-state index in [1.54, 1.807) is 22.7 Å². The van der Waals surface area contributed by atoms with E-state index in [2.05, 4.69) is 104 Å². The second kappa shape index (κ2) is 15.7. The van der Waals surface area contributed by atoms with Crippen molar-refractivity contribution in [3.05, 3.63) is 73.8 Å². The van der Waals surface area contributed by atoms with E-state index in [1.807, 2.05) is 19.2 Å². The van der Waals surface area contributed by atoms with Crippen molar-refractivity contribution in [3.8, 4) is 33.8 Å². The maximum Gasteiger partial charge on any atom is 0.509 e. The van der Waals surface area contributed by atoms with Crippen LogP contribution in [0.5, 0.6) is 11.5 Å². The Morgan fingerprint density at radius 3 is 1.60 bits per heavy atom. The third-order valence-corrected chi connectivity index (χ3v) is 10.5. The van der Waals surface area contributed by atoms with E-state index in [4.69, 9.17) is 28.3 Å². The molecule has 5 rings (SSSR count). The van der Waals surface area contributed by atoms with Gasteiger partial charge in [0.25, 0.3) is 0 Å². The Balaban J connectivity index is 0.000000229. The van der Waals surface area contributed by atoms with Gasteiger partial charge < -0.3 is 28.3 Å². The van der Waals surface area contributed by atoms with Crippen LogP contribution in [0.15, 0.2) is 40.4 Å². The largest absolute Gasteiger partial charge is 0.509 e. The molecule has 2 aromatic carbocycles. The van der Waals surface area contributed by atoms with Gasteiger partial charge >= 0.3 is 7.12 Å². The van der Waals surface area contributed by atoms with Gasteiger partial charge in [-0.05, 0) is 116 Å². The van der Waals surface area contributed by atoms with E-state index in [0.717, 1.165) is 21.8 Å². The van der Waals surface area contributed by atoms with Gasteiger partial charge in [0.15, 0.2) is 13.6 Å². The second-order valence-corrected chi connectivity index (χ2v) is 14.8. The van der Waals surface area contributed by atoms with Crippen LogP contribution in [0.25, 0.3) is 22.3 Å².